The van der Waals surface area contributed by atoms with Crippen LogP contribution in [-0.4, -0.2) is 48.1 Å². The highest BCUT2D eigenvalue weighted by atomic mass is 16.5. The van der Waals surface area contributed by atoms with Crippen molar-refractivity contribution in [1.82, 2.24) is 10.2 Å². The van der Waals surface area contributed by atoms with Gasteiger partial charge in [-0.15, -0.1) is 0 Å². The van der Waals surface area contributed by atoms with Crippen molar-refractivity contribution >= 4 is 11.8 Å². The van der Waals surface area contributed by atoms with Crippen LogP contribution >= 0.6 is 0 Å². The van der Waals surface area contributed by atoms with E-state index >= 15 is 0 Å². The van der Waals surface area contributed by atoms with Crippen LogP contribution in [0.5, 0.6) is 0 Å². The molecule has 0 spiro atoms. The molecule has 0 aromatic rings. The van der Waals surface area contributed by atoms with Gasteiger partial charge in [0.1, 0.15) is 11.6 Å². The van der Waals surface area contributed by atoms with Crippen molar-refractivity contribution < 1.29 is 14.3 Å². The summed E-state index contributed by atoms with van der Waals surface area (Å²) in [6, 6.07) is -0.363. The number of piperazine rings is 1. The van der Waals surface area contributed by atoms with Crippen molar-refractivity contribution in [2.45, 2.75) is 52.1 Å². The SMILES string of the molecule is CCOCCN1C(=O)C(C)(CC)NC(=O)C1CC. The molecular weight excluding hydrogens is 232 g/mol. The van der Waals surface area contributed by atoms with E-state index < -0.39 is 5.54 Å². The first-order chi connectivity index (χ1) is 8.50. The number of carbonyl (C=O) groups excluding carboxylic acids is 2. The zero-order valence-corrected chi connectivity index (χ0v) is 11.8. The predicted octanol–water partition coefficient (Wildman–Crippen LogP) is 0.929. The third-order valence-corrected chi connectivity index (χ3v) is 3.59. The van der Waals surface area contributed by atoms with Crippen LogP contribution in [-0.2, 0) is 14.3 Å². The van der Waals surface area contributed by atoms with Crippen LogP contribution in [0.4, 0.5) is 0 Å². The Bertz CT molecular complexity index is 319. The fourth-order valence-corrected chi connectivity index (χ4v) is 2.22. The molecular formula is C13H24N2O3. The second kappa shape index (κ2) is 6.18. The van der Waals surface area contributed by atoms with Gasteiger partial charge in [0.2, 0.25) is 11.8 Å². The number of ether oxygens (including phenoxy) is 1. The number of nitrogens with one attached hydrogen (secondary N) is 1. The van der Waals surface area contributed by atoms with Gasteiger partial charge in [-0.1, -0.05) is 13.8 Å². The molecule has 0 saturated carbocycles. The molecule has 1 aliphatic heterocycles. The van der Waals surface area contributed by atoms with E-state index in [0.717, 1.165) is 0 Å². The Morgan fingerprint density at radius 2 is 2.00 bits per heavy atom. The summed E-state index contributed by atoms with van der Waals surface area (Å²) in [4.78, 5) is 26.2. The van der Waals surface area contributed by atoms with Crippen LogP contribution in [0.2, 0.25) is 0 Å². The van der Waals surface area contributed by atoms with E-state index in [-0.39, 0.29) is 17.9 Å². The summed E-state index contributed by atoms with van der Waals surface area (Å²) in [5, 5.41) is 2.84. The normalized spacial score (nSPS) is 28.4. The molecule has 0 bridgehead atoms. The van der Waals surface area contributed by atoms with Gasteiger partial charge in [-0.2, -0.15) is 0 Å². The van der Waals surface area contributed by atoms with E-state index in [1.807, 2.05) is 20.8 Å². The highest BCUT2D eigenvalue weighted by molar-refractivity contribution is 5.99. The van der Waals surface area contributed by atoms with Crippen LogP contribution in [0.15, 0.2) is 0 Å². The summed E-state index contributed by atoms with van der Waals surface area (Å²) in [5.74, 6) is -0.0610. The second-order valence-electron chi connectivity index (χ2n) is 4.79. The lowest BCUT2D eigenvalue weighted by Gasteiger charge is -2.43. The van der Waals surface area contributed by atoms with E-state index in [0.29, 0.717) is 32.6 Å². The Hall–Kier alpha value is -1.10. The van der Waals surface area contributed by atoms with Gasteiger partial charge >= 0.3 is 0 Å². The zero-order chi connectivity index (χ0) is 13.8. The Labute approximate surface area is 109 Å². The van der Waals surface area contributed by atoms with Crippen molar-refractivity contribution in [3.63, 3.8) is 0 Å². The summed E-state index contributed by atoms with van der Waals surface area (Å²) < 4.78 is 5.29. The maximum atomic E-state index is 12.4. The predicted molar refractivity (Wildman–Crippen MR) is 69.1 cm³/mol. The Morgan fingerprint density at radius 1 is 1.33 bits per heavy atom. The smallest absolute Gasteiger partial charge is 0.248 e. The molecule has 2 unspecified atom stereocenters. The molecule has 0 aliphatic carbocycles. The van der Waals surface area contributed by atoms with Gasteiger partial charge in [-0.25, -0.2) is 0 Å². The average molecular weight is 256 g/mol. The molecule has 1 fully saturated rings. The topological polar surface area (TPSA) is 58.6 Å². The quantitative estimate of drug-likeness (QED) is 0.719. The number of hydrogen-bond donors (Lipinski definition) is 1. The summed E-state index contributed by atoms with van der Waals surface area (Å²) in [5.41, 5.74) is -0.769. The van der Waals surface area contributed by atoms with Crippen molar-refractivity contribution in [1.29, 1.82) is 0 Å². The zero-order valence-electron chi connectivity index (χ0n) is 11.8. The third kappa shape index (κ3) is 2.83. The van der Waals surface area contributed by atoms with Crippen LogP contribution in [0, 0.1) is 0 Å². The minimum atomic E-state index is -0.769. The van der Waals surface area contributed by atoms with E-state index in [9.17, 15) is 9.59 Å². The first-order valence-corrected chi connectivity index (χ1v) is 6.71. The second-order valence-corrected chi connectivity index (χ2v) is 4.79. The lowest BCUT2D eigenvalue weighted by molar-refractivity contribution is -0.155. The maximum Gasteiger partial charge on any atom is 0.248 e. The Kier molecular flexibility index (Phi) is 5.14. The molecule has 0 radical (unpaired) electrons. The number of amides is 2. The molecule has 1 aliphatic rings. The highest BCUT2D eigenvalue weighted by Gasteiger charge is 2.45. The molecule has 2 atom stereocenters. The fraction of sp³-hybridized carbons (Fsp3) is 0.846. The van der Waals surface area contributed by atoms with E-state index in [2.05, 4.69) is 5.32 Å². The van der Waals surface area contributed by atoms with Gasteiger partial charge in [0.25, 0.3) is 0 Å². The van der Waals surface area contributed by atoms with Crippen LogP contribution in [0.3, 0.4) is 0 Å². The molecule has 1 rings (SSSR count). The van der Waals surface area contributed by atoms with Crippen molar-refractivity contribution in [2.75, 3.05) is 19.8 Å². The van der Waals surface area contributed by atoms with Crippen molar-refractivity contribution in [2.24, 2.45) is 0 Å². The molecule has 1 heterocycles. The van der Waals surface area contributed by atoms with Gasteiger partial charge < -0.3 is 15.0 Å². The molecule has 5 nitrogen and oxygen atoms in total. The Morgan fingerprint density at radius 3 is 2.50 bits per heavy atom. The minimum Gasteiger partial charge on any atom is -0.380 e. The first kappa shape index (κ1) is 15.0. The van der Waals surface area contributed by atoms with Crippen molar-refractivity contribution in [3.8, 4) is 0 Å². The van der Waals surface area contributed by atoms with E-state index in [4.69, 9.17) is 4.74 Å². The van der Waals surface area contributed by atoms with Gasteiger partial charge in [-0.05, 0) is 26.7 Å². The van der Waals surface area contributed by atoms with Crippen LogP contribution < -0.4 is 5.32 Å². The highest BCUT2D eigenvalue weighted by Crippen LogP contribution is 2.22. The van der Waals surface area contributed by atoms with Crippen molar-refractivity contribution in [3.05, 3.63) is 0 Å². The van der Waals surface area contributed by atoms with Gasteiger partial charge in [0, 0.05) is 13.2 Å². The molecule has 1 saturated heterocycles. The average Bonchev–Trinajstić information content (AvgIpc) is 2.35. The molecule has 5 heteroatoms. The molecule has 0 aromatic heterocycles. The van der Waals surface area contributed by atoms with E-state index in [1.165, 1.54) is 0 Å². The standard InChI is InChI=1S/C13H24N2O3/c1-5-10-11(16)14-13(4,6-2)12(17)15(10)8-9-18-7-3/h10H,5-9H2,1-4H3,(H,14,16). The number of rotatable bonds is 6. The van der Waals surface area contributed by atoms with Crippen LogP contribution in [0.25, 0.3) is 0 Å². The van der Waals surface area contributed by atoms with Crippen LogP contribution in [0.1, 0.15) is 40.5 Å². The number of nitrogens with zero attached hydrogens (tertiary/aromatic N) is 1. The molecule has 104 valence electrons. The number of hydrogen-bond acceptors (Lipinski definition) is 3. The summed E-state index contributed by atoms with van der Waals surface area (Å²) >= 11 is 0. The van der Waals surface area contributed by atoms with Gasteiger partial charge in [0.15, 0.2) is 0 Å². The molecule has 2 amide bonds. The molecule has 1 N–H and O–H groups in total. The monoisotopic (exact) mass is 256 g/mol. The van der Waals surface area contributed by atoms with Gasteiger partial charge in [-0.3, -0.25) is 9.59 Å². The lowest BCUT2D eigenvalue weighted by atomic mass is 9.91. The first-order valence-electron chi connectivity index (χ1n) is 6.71. The third-order valence-electron chi connectivity index (χ3n) is 3.59. The summed E-state index contributed by atoms with van der Waals surface area (Å²) in [6.07, 6.45) is 1.22. The maximum absolute atomic E-state index is 12.4. The summed E-state index contributed by atoms with van der Waals surface area (Å²) in [6.45, 7) is 9.10. The van der Waals surface area contributed by atoms with E-state index in [1.54, 1.807) is 11.8 Å². The minimum absolute atomic E-state index is 0.00356. The molecule has 18 heavy (non-hydrogen) atoms. The van der Waals surface area contributed by atoms with Gasteiger partial charge in [0.05, 0.1) is 6.61 Å². The lowest BCUT2D eigenvalue weighted by Crippen LogP contribution is -2.69. The largest absolute Gasteiger partial charge is 0.380 e. The molecule has 0 aromatic carbocycles. The summed E-state index contributed by atoms with van der Waals surface area (Å²) in [7, 11) is 0. The fourth-order valence-electron chi connectivity index (χ4n) is 2.22. The Balaban J connectivity index is 2.84. The number of carbonyl (C=O) groups is 2.